The molecule has 2 nitrogen and oxygen atoms in total. The van der Waals surface area contributed by atoms with Gasteiger partial charge >= 0.3 is 0 Å². The van der Waals surface area contributed by atoms with E-state index in [0.717, 1.165) is 11.3 Å². The SMILES string of the molecule is COc1ccc(-c2ccc(C)s2)cc1N. The highest BCUT2D eigenvalue weighted by Gasteiger charge is 2.04. The van der Waals surface area contributed by atoms with Crippen LogP contribution in [-0.2, 0) is 0 Å². The largest absolute Gasteiger partial charge is 0.495 e. The Morgan fingerprint density at radius 2 is 2.00 bits per heavy atom. The molecule has 0 radical (unpaired) electrons. The smallest absolute Gasteiger partial charge is 0.141 e. The first-order valence-electron chi connectivity index (χ1n) is 4.71. The molecule has 1 aromatic carbocycles. The molecular formula is C12H13NOS. The Bertz CT molecular complexity index is 476. The predicted molar refractivity (Wildman–Crippen MR) is 65.5 cm³/mol. The van der Waals surface area contributed by atoms with Gasteiger partial charge in [-0.05, 0) is 42.8 Å². The number of aryl methyl sites for hydroxylation is 1. The maximum atomic E-state index is 5.86. The number of nitrogen functional groups attached to an aromatic ring is 1. The van der Waals surface area contributed by atoms with Gasteiger partial charge in [-0.3, -0.25) is 0 Å². The fraction of sp³-hybridized carbons (Fsp3) is 0.167. The third-order valence-electron chi connectivity index (χ3n) is 2.25. The third kappa shape index (κ3) is 1.97. The number of hydrogen-bond acceptors (Lipinski definition) is 3. The van der Waals surface area contributed by atoms with Crippen LogP contribution in [0.3, 0.4) is 0 Å². The molecule has 2 N–H and O–H groups in total. The molecule has 0 amide bonds. The minimum Gasteiger partial charge on any atom is -0.495 e. The molecule has 0 saturated heterocycles. The van der Waals surface area contributed by atoms with Crippen molar-refractivity contribution in [3.63, 3.8) is 0 Å². The molecule has 1 aromatic heterocycles. The third-order valence-corrected chi connectivity index (χ3v) is 3.30. The normalized spacial score (nSPS) is 10.3. The minimum absolute atomic E-state index is 0.682. The Balaban J connectivity index is 2.42. The topological polar surface area (TPSA) is 35.2 Å². The van der Waals surface area contributed by atoms with Gasteiger partial charge in [0.05, 0.1) is 12.8 Å². The van der Waals surface area contributed by atoms with E-state index in [1.54, 1.807) is 18.4 Å². The highest BCUT2D eigenvalue weighted by molar-refractivity contribution is 7.15. The molecule has 1 heterocycles. The van der Waals surface area contributed by atoms with Gasteiger partial charge in [0.1, 0.15) is 5.75 Å². The van der Waals surface area contributed by atoms with Crippen molar-refractivity contribution in [2.75, 3.05) is 12.8 Å². The fourth-order valence-corrected chi connectivity index (χ4v) is 2.34. The lowest BCUT2D eigenvalue weighted by molar-refractivity contribution is 0.417. The van der Waals surface area contributed by atoms with Crippen molar-refractivity contribution in [3.05, 3.63) is 35.2 Å². The summed E-state index contributed by atoms with van der Waals surface area (Å²) in [7, 11) is 1.63. The highest BCUT2D eigenvalue weighted by atomic mass is 32.1. The van der Waals surface area contributed by atoms with E-state index in [2.05, 4.69) is 19.1 Å². The predicted octanol–water partition coefficient (Wildman–Crippen LogP) is 3.31. The first-order valence-corrected chi connectivity index (χ1v) is 5.52. The summed E-state index contributed by atoms with van der Waals surface area (Å²) in [4.78, 5) is 2.54. The van der Waals surface area contributed by atoms with Gasteiger partial charge in [-0.25, -0.2) is 0 Å². The fourth-order valence-electron chi connectivity index (χ4n) is 1.48. The summed E-state index contributed by atoms with van der Waals surface area (Å²) in [5.41, 5.74) is 7.68. The average Bonchev–Trinajstić information content (AvgIpc) is 2.65. The second-order valence-corrected chi connectivity index (χ2v) is 4.65. The molecular weight excluding hydrogens is 206 g/mol. The Kier molecular flexibility index (Phi) is 2.64. The number of anilines is 1. The second-order valence-electron chi connectivity index (χ2n) is 3.37. The quantitative estimate of drug-likeness (QED) is 0.786. The molecule has 78 valence electrons. The lowest BCUT2D eigenvalue weighted by atomic mass is 10.1. The number of hydrogen-bond donors (Lipinski definition) is 1. The van der Waals surface area contributed by atoms with Crippen LogP contribution in [-0.4, -0.2) is 7.11 Å². The van der Waals surface area contributed by atoms with Crippen molar-refractivity contribution in [2.24, 2.45) is 0 Å². The molecule has 0 aliphatic heterocycles. The summed E-state index contributed by atoms with van der Waals surface area (Å²) in [6, 6.07) is 10.1. The van der Waals surface area contributed by atoms with Crippen molar-refractivity contribution in [3.8, 4) is 16.2 Å². The van der Waals surface area contributed by atoms with Crippen molar-refractivity contribution in [2.45, 2.75) is 6.92 Å². The molecule has 2 aromatic rings. The first kappa shape index (κ1) is 10.1. The van der Waals surface area contributed by atoms with E-state index in [1.165, 1.54) is 9.75 Å². The van der Waals surface area contributed by atoms with Crippen molar-refractivity contribution >= 4 is 17.0 Å². The lowest BCUT2D eigenvalue weighted by Gasteiger charge is -2.05. The molecule has 0 aliphatic rings. The van der Waals surface area contributed by atoms with Crippen LogP contribution in [0.4, 0.5) is 5.69 Å². The monoisotopic (exact) mass is 219 g/mol. The van der Waals surface area contributed by atoms with Crippen molar-refractivity contribution in [1.82, 2.24) is 0 Å². The summed E-state index contributed by atoms with van der Waals surface area (Å²) in [5.74, 6) is 0.729. The minimum atomic E-state index is 0.682. The van der Waals surface area contributed by atoms with Crippen LogP contribution in [0.5, 0.6) is 5.75 Å². The molecule has 0 fully saturated rings. The highest BCUT2D eigenvalue weighted by Crippen LogP contribution is 2.32. The number of benzene rings is 1. The molecule has 0 spiro atoms. The molecule has 0 unspecified atom stereocenters. The van der Waals surface area contributed by atoms with Crippen LogP contribution in [0.25, 0.3) is 10.4 Å². The maximum absolute atomic E-state index is 5.86. The summed E-state index contributed by atoms with van der Waals surface area (Å²) in [6.07, 6.45) is 0. The number of rotatable bonds is 2. The van der Waals surface area contributed by atoms with Gasteiger partial charge in [0.25, 0.3) is 0 Å². The van der Waals surface area contributed by atoms with Gasteiger partial charge < -0.3 is 10.5 Å². The van der Waals surface area contributed by atoms with E-state index in [1.807, 2.05) is 18.2 Å². The molecule has 15 heavy (non-hydrogen) atoms. The zero-order valence-corrected chi connectivity index (χ0v) is 9.60. The summed E-state index contributed by atoms with van der Waals surface area (Å²) in [5, 5.41) is 0. The van der Waals surface area contributed by atoms with E-state index in [9.17, 15) is 0 Å². The van der Waals surface area contributed by atoms with E-state index in [0.29, 0.717) is 5.69 Å². The molecule has 0 aliphatic carbocycles. The number of methoxy groups -OCH3 is 1. The standard InChI is InChI=1S/C12H13NOS/c1-8-3-6-12(15-8)9-4-5-11(14-2)10(13)7-9/h3-7H,13H2,1-2H3. The summed E-state index contributed by atoms with van der Waals surface area (Å²) >= 11 is 1.77. The van der Waals surface area contributed by atoms with Gasteiger partial charge in [0, 0.05) is 9.75 Å². The molecule has 3 heteroatoms. The van der Waals surface area contributed by atoms with Crippen LogP contribution in [0.2, 0.25) is 0 Å². The number of nitrogens with two attached hydrogens (primary N) is 1. The Morgan fingerprint density at radius 1 is 1.20 bits per heavy atom. The van der Waals surface area contributed by atoms with Crippen LogP contribution < -0.4 is 10.5 Å². The number of ether oxygens (including phenoxy) is 1. The first-order chi connectivity index (χ1) is 7.20. The Hall–Kier alpha value is -1.48. The van der Waals surface area contributed by atoms with E-state index < -0.39 is 0 Å². The van der Waals surface area contributed by atoms with Crippen LogP contribution in [0, 0.1) is 6.92 Å². The van der Waals surface area contributed by atoms with Crippen molar-refractivity contribution < 1.29 is 4.74 Å². The van der Waals surface area contributed by atoms with E-state index in [4.69, 9.17) is 10.5 Å². The van der Waals surface area contributed by atoms with Crippen molar-refractivity contribution in [1.29, 1.82) is 0 Å². The average molecular weight is 219 g/mol. The van der Waals surface area contributed by atoms with Gasteiger partial charge in [-0.2, -0.15) is 0 Å². The van der Waals surface area contributed by atoms with E-state index in [-0.39, 0.29) is 0 Å². The van der Waals surface area contributed by atoms with Gasteiger partial charge in [0.15, 0.2) is 0 Å². The second kappa shape index (κ2) is 3.95. The van der Waals surface area contributed by atoms with Crippen LogP contribution in [0.15, 0.2) is 30.3 Å². The Labute approximate surface area is 93.3 Å². The Morgan fingerprint density at radius 3 is 2.53 bits per heavy atom. The lowest BCUT2D eigenvalue weighted by Crippen LogP contribution is -1.91. The van der Waals surface area contributed by atoms with Crippen LogP contribution >= 0.6 is 11.3 Å². The van der Waals surface area contributed by atoms with Gasteiger partial charge in [0.2, 0.25) is 0 Å². The van der Waals surface area contributed by atoms with Gasteiger partial charge in [-0.1, -0.05) is 0 Å². The molecule has 0 saturated carbocycles. The zero-order chi connectivity index (χ0) is 10.8. The molecule has 2 rings (SSSR count). The maximum Gasteiger partial charge on any atom is 0.141 e. The molecule has 0 bridgehead atoms. The number of thiophene rings is 1. The summed E-state index contributed by atoms with van der Waals surface area (Å²) < 4.78 is 5.12. The van der Waals surface area contributed by atoms with E-state index >= 15 is 0 Å². The van der Waals surface area contributed by atoms with Crippen LogP contribution in [0.1, 0.15) is 4.88 Å². The molecule has 0 atom stereocenters. The van der Waals surface area contributed by atoms with Gasteiger partial charge in [-0.15, -0.1) is 11.3 Å². The summed E-state index contributed by atoms with van der Waals surface area (Å²) in [6.45, 7) is 2.10. The zero-order valence-electron chi connectivity index (χ0n) is 8.78.